The average Bonchev–Trinajstić information content (AvgIpc) is 3.21. The van der Waals surface area contributed by atoms with Crippen molar-refractivity contribution in [1.82, 2.24) is 9.88 Å². The van der Waals surface area contributed by atoms with E-state index >= 15 is 0 Å². The second-order valence-electron chi connectivity index (χ2n) is 6.95. The number of oxazole rings is 1. The van der Waals surface area contributed by atoms with Crippen LogP contribution in [0.4, 0.5) is 10.1 Å². The van der Waals surface area contributed by atoms with E-state index in [1.54, 1.807) is 18.2 Å². The summed E-state index contributed by atoms with van der Waals surface area (Å²) in [6.45, 7) is 2.86. The lowest BCUT2D eigenvalue weighted by atomic mass is 10.2. The third-order valence-electron chi connectivity index (χ3n) is 5.05. The van der Waals surface area contributed by atoms with Crippen LogP contribution in [-0.2, 0) is 11.2 Å². The number of halogens is 2. The summed E-state index contributed by atoms with van der Waals surface area (Å²) >= 11 is 6.07. The maximum absolute atomic E-state index is 13.9. The number of piperazine rings is 1. The predicted octanol–water partition coefficient (Wildman–Crippen LogP) is 4.42. The Labute approximate surface area is 173 Å². The number of rotatable bonds is 5. The highest BCUT2D eigenvalue weighted by Gasteiger charge is 2.22. The average molecular weight is 414 g/mol. The molecule has 0 saturated carbocycles. The van der Waals surface area contributed by atoms with Crippen LogP contribution >= 0.6 is 11.6 Å². The summed E-state index contributed by atoms with van der Waals surface area (Å²) in [5.41, 5.74) is 1.44. The van der Waals surface area contributed by atoms with Crippen molar-refractivity contribution in [3.8, 4) is 11.3 Å². The fourth-order valence-electron chi connectivity index (χ4n) is 3.47. The number of nitrogens with zero attached hydrogens (tertiary/aromatic N) is 3. The van der Waals surface area contributed by atoms with Crippen LogP contribution < -0.4 is 4.90 Å². The monoisotopic (exact) mass is 413 g/mol. The van der Waals surface area contributed by atoms with Gasteiger partial charge in [0.15, 0.2) is 11.7 Å². The lowest BCUT2D eigenvalue weighted by molar-refractivity contribution is -0.131. The zero-order chi connectivity index (χ0) is 20.2. The van der Waals surface area contributed by atoms with Crippen LogP contribution in [0.25, 0.3) is 11.3 Å². The number of benzene rings is 2. The molecule has 0 unspecified atom stereocenters. The molecule has 1 aromatic heterocycles. The lowest BCUT2D eigenvalue weighted by Crippen LogP contribution is -2.48. The summed E-state index contributed by atoms with van der Waals surface area (Å²) in [5.74, 6) is 0.528. The minimum atomic E-state index is -0.358. The van der Waals surface area contributed by atoms with Crippen LogP contribution in [0.1, 0.15) is 12.3 Å². The van der Waals surface area contributed by atoms with E-state index < -0.39 is 0 Å². The molecule has 3 aromatic rings. The summed E-state index contributed by atoms with van der Waals surface area (Å²) in [5, 5.41) is 0.710. The van der Waals surface area contributed by atoms with Gasteiger partial charge in [0.1, 0.15) is 5.82 Å². The quantitative estimate of drug-likeness (QED) is 0.621. The first-order chi connectivity index (χ1) is 14.1. The molecule has 0 atom stereocenters. The Morgan fingerprint density at radius 1 is 1.10 bits per heavy atom. The van der Waals surface area contributed by atoms with Crippen LogP contribution in [0.5, 0.6) is 0 Å². The van der Waals surface area contributed by atoms with Gasteiger partial charge in [-0.25, -0.2) is 9.37 Å². The summed E-state index contributed by atoms with van der Waals surface area (Å²) < 4.78 is 19.5. The van der Waals surface area contributed by atoms with Gasteiger partial charge in [0.25, 0.3) is 0 Å². The molecule has 1 amide bonds. The Hall–Kier alpha value is -2.86. The maximum Gasteiger partial charge on any atom is 0.223 e. The van der Waals surface area contributed by atoms with E-state index in [-0.39, 0.29) is 11.7 Å². The summed E-state index contributed by atoms with van der Waals surface area (Å²) in [6.07, 6.45) is 2.21. The van der Waals surface area contributed by atoms with Gasteiger partial charge in [-0.2, -0.15) is 0 Å². The second kappa shape index (κ2) is 8.66. The molecule has 7 heteroatoms. The number of anilines is 1. The fraction of sp³-hybridized carbons (Fsp3) is 0.273. The highest BCUT2D eigenvalue weighted by atomic mass is 35.5. The van der Waals surface area contributed by atoms with E-state index in [0.29, 0.717) is 48.2 Å². The van der Waals surface area contributed by atoms with Gasteiger partial charge in [0.05, 0.1) is 11.8 Å². The minimum Gasteiger partial charge on any atom is -0.441 e. The van der Waals surface area contributed by atoms with Crippen LogP contribution in [0, 0.1) is 5.82 Å². The number of carbonyl (C=O) groups is 1. The van der Waals surface area contributed by atoms with Crippen molar-refractivity contribution >= 4 is 23.2 Å². The van der Waals surface area contributed by atoms with Gasteiger partial charge in [0, 0.05) is 49.7 Å². The number of aromatic nitrogens is 1. The van der Waals surface area contributed by atoms with Gasteiger partial charge in [-0.05, 0) is 30.3 Å². The third kappa shape index (κ3) is 4.59. The standard InChI is InChI=1S/C22H21ClFN3O2/c23-16-4-3-5-17(14-16)26-10-12-27(13-11-26)22(28)9-8-21-25-15-20(29-21)18-6-1-2-7-19(18)24/h1-7,14-15H,8-13H2. The van der Waals surface area contributed by atoms with E-state index in [4.69, 9.17) is 16.0 Å². The van der Waals surface area contributed by atoms with Crippen molar-refractivity contribution in [2.24, 2.45) is 0 Å². The minimum absolute atomic E-state index is 0.0707. The first-order valence-corrected chi connectivity index (χ1v) is 9.96. The normalized spacial score (nSPS) is 14.3. The molecule has 1 aliphatic rings. The maximum atomic E-state index is 13.9. The molecular formula is C22H21ClFN3O2. The van der Waals surface area contributed by atoms with Crippen molar-refractivity contribution in [2.45, 2.75) is 12.8 Å². The zero-order valence-corrected chi connectivity index (χ0v) is 16.6. The molecule has 0 radical (unpaired) electrons. The topological polar surface area (TPSA) is 49.6 Å². The van der Waals surface area contributed by atoms with Gasteiger partial charge in [-0.1, -0.05) is 29.8 Å². The van der Waals surface area contributed by atoms with Crippen LogP contribution in [-0.4, -0.2) is 42.0 Å². The number of aryl methyl sites for hydroxylation is 1. The lowest BCUT2D eigenvalue weighted by Gasteiger charge is -2.36. The summed E-state index contributed by atoms with van der Waals surface area (Å²) in [4.78, 5) is 20.8. The number of hydrogen-bond donors (Lipinski definition) is 0. The molecule has 150 valence electrons. The first kappa shape index (κ1) is 19.5. The van der Waals surface area contributed by atoms with Gasteiger partial charge < -0.3 is 14.2 Å². The molecule has 0 bridgehead atoms. The largest absolute Gasteiger partial charge is 0.441 e. The number of hydrogen-bond acceptors (Lipinski definition) is 4. The smallest absolute Gasteiger partial charge is 0.223 e. The van der Waals surface area contributed by atoms with Crippen molar-refractivity contribution in [2.75, 3.05) is 31.1 Å². The molecule has 0 aliphatic carbocycles. The molecule has 0 spiro atoms. The Morgan fingerprint density at radius 3 is 2.66 bits per heavy atom. The number of carbonyl (C=O) groups excluding carboxylic acids is 1. The van der Waals surface area contributed by atoms with Crippen molar-refractivity contribution in [1.29, 1.82) is 0 Å². The highest BCUT2D eigenvalue weighted by Crippen LogP contribution is 2.24. The molecule has 29 heavy (non-hydrogen) atoms. The van der Waals surface area contributed by atoms with Crippen molar-refractivity contribution < 1.29 is 13.6 Å². The third-order valence-corrected chi connectivity index (χ3v) is 5.29. The second-order valence-corrected chi connectivity index (χ2v) is 7.38. The van der Waals surface area contributed by atoms with Crippen molar-refractivity contribution in [3.05, 3.63) is 71.5 Å². The van der Waals surface area contributed by atoms with Gasteiger partial charge >= 0.3 is 0 Å². The first-order valence-electron chi connectivity index (χ1n) is 9.58. The van der Waals surface area contributed by atoms with E-state index in [2.05, 4.69) is 9.88 Å². The molecule has 2 heterocycles. The highest BCUT2D eigenvalue weighted by molar-refractivity contribution is 6.30. The van der Waals surface area contributed by atoms with Gasteiger partial charge in [-0.3, -0.25) is 4.79 Å². The molecule has 0 N–H and O–H groups in total. The van der Waals surface area contributed by atoms with E-state index in [1.807, 2.05) is 29.2 Å². The molecule has 2 aromatic carbocycles. The predicted molar refractivity (Wildman–Crippen MR) is 110 cm³/mol. The molecule has 1 saturated heterocycles. The summed E-state index contributed by atoms with van der Waals surface area (Å²) in [6, 6.07) is 14.1. The SMILES string of the molecule is O=C(CCc1ncc(-c2ccccc2F)o1)N1CCN(c2cccc(Cl)c2)CC1. The van der Waals surface area contributed by atoms with Crippen LogP contribution in [0.2, 0.25) is 5.02 Å². The van der Waals surface area contributed by atoms with Gasteiger partial charge in [0.2, 0.25) is 5.91 Å². The van der Waals surface area contributed by atoms with Crippen LogP contribution in [0.15, 0.2) is 59.1 Å². The molecule has 1 aliphatic heterocycles. The van der Waals surface area contributed by atoms with Crippen LogP contribution in [0.3, 0.4) is 0 Å². The molecule has 5 nitrogen and oxygen atoms in total. The fourth-order valence-corrected chi connectivity index (χ4v) is 3.65. The Balaban J connectivity index is 1.29. The number of amides is 1. The van der Waals surface area contributed by atoms with Gasteiger partial charge in [-0.15, -0.1) is 0 Å². The van der Waals surface area contributed by atoms with E-state index in [9.17, 15) is 9.18 Å². The molecule has 4 rings (SSSR count). The van der Waals surface area contributed by atoms with E-state index in [1.165, 1.54) is 12.3 Å². The Morgan fingerprint density at radius 2 is 1.90 bits per heavy atom. The van der Waals surface area contributed by atoms with E-state index in [0.717, 1.165) is 18.8 Å². The molecule has 1 fully saturated rings. The summed E-state index contributed by atoms with van der Waals surface area (Å²) in [7, 11) is 0. The zero-order valence-electron chi connectivity index (χ0n) is 15.9. The Kier molecular flexibility index (Phi) is 5.81. The molecular weight excluding hydrogens is 393 g/mol. The Bertz CT molecular complexity index is 999. The van der Waals surface area contributed by atoms with Crippen molar-refractivity contribution in [3.63, 3.8) is 0 Å².